The molecular weight excluding hydrogens is 272 g/mol. The minimum Gasteiger partial charge on any atom is -0.373 e. The first-order chi connectivity index (χ1) is 9.62. The number of thiazole rings is 1. The number of hydrogen-bond donors (Lipinski definition) is 2. The van der Waals surface area contributed by atoms with Gasteiger partial charge in [0.05, 0.1) is 6.54 Å². The number of aromatic nitrogens is 2. The number of rotatable bonds is 5. The van der Waals surface area contributed by atoms with Crippen molar-refractivity contribution in [1.29, 1.82) is 0 Å². The van der Waals surface area contributed by atoms with Crippen LogP contribution in [0.3, 0.4) is 0 Å². The third-order valence-electron chi connectivity index (χ3n) is 2.82. The molecule has 0 aliphatic heterocycles. The predicted octanol–water partition coefficient (Wildman–Crippen LogP) is 2.38. The van der Waals surface area contributed by atoms with Gasteiger partial charge in [-0.15, -0.1) is 11.3 Å². The fourth-order valence-electron chi connectivity index (χ4n) is 1.78. The fraction of sp³-hybridized carbons (Fsp3) is 0.357. The molecule has 0 aromatic carbocycles. The Morgan fingerprint density at radius 2 is 2.20 bits per heavy atom. The van der Waals surface area contributed by atoms with E-state index in [1.807, 2.05) is 13.1 Å². The Labute approximate surface area is 122 Å². The molecule has 2 aromatic rings. The summed E-state index contributed by atoms with van der Waals surface area (Å²) in [6.07, 6.45) is 2.84. The van der Waals surface area contributed by atoms with Crippen molar-refractivity contribution in [3.8, 4) is 0 Å². The third kappa shape index (κ3) is 3.54. The molecular formula is C14H18N4OS. The summed E-state index contributed by atoms with van der Waals surface area (Å²) in [6.45, 7) is 4.42. The Morgan fingerprint density at radius 3 is 2.85 bits per heavy atom. The zero-order valence-corrected chi connectivity index (χ0v) is 12.7. The van der Waals surface area contributed by atoms with E-state index in [0.29, 0.717) is 17.9 Å². The van der Waals surface area contributed by atoms with Gasteiger partial charge in [0.2, 0.25) is 0 Å². The molecule has 20 heavy (non-hydrogen) atoms. The molecule has 0 unspecified atom stereocenters. The minimum atomic E-state index is -0.111. The highest BCUT2D eigenvalue weighted by Crippen LogP contribution is 2.14. The van der Waals surface area contributed by atoms with E-state index in [9.17, 15) is 4.79 Å². The summed E-state index contributed by atoms with van der Waals surface area (Å²) >= 11 is 1.63. The van der Waals surface area contributed by atoms with Gasteiger partial charge in [-0.3, -0.25) is 4.79 Å². The lowest BCUT2D eigenvalue weighted by molar-refractivity contribution is 0.0950. The minimum absolute atomic E-state index is 0.111. The number of amides is 1. The SMILES string of the molecule is CCc1cnc(CNC(=O)c2cc(C)nc(NC)c2)s1. The number of carbonyl (C=O) groups is 1. The Morgan fingerprint density at radius 1 is 1.40 bits per heavy atom. The van der Waals surface area contributed by atoms with Gasteiger partial charge in [-0.1, -0.05) is 6.92 Å². The zero-order valence-electron chi connectivity index (χ0n) is 11.9. The first kappa shape index (κ1) is 14.5. The number of hydrogen-bond acceptors (Lipinski definition) is 5. The van der Waals surface area contributed by atoms with Gasteiger partial charge in [-0.25, -0.2) is 9.97 Å². The van der Waals surface area contributed by atoms with Crippen molar-refractivity contribution < 1.29 is 4.79 Å². The molecule has 0 atom stereocenters. The highest BCUT2D eigenvalue weighted by molar-refractivity contribution is 7.11. The summed E-state index contributed by atoms with van der Waals surface area (Å²) in [5.74, 6) is 0.581. The highest BCUT2D eigenvalue weighted by atomic mass is 32.1. The van der Waals surface area contributed by atoms with Crippen LogP contribution < -0.4 is 10.6 Å². The third-order valence-corrected chi connectivity index (χ3v) is 3.96. The molecule has 2 N–H and O–H groups in total. The van der Waals surface area contributed by atoms with Crippen molar-refractivity contribution in [2.24, 2.45) is 0 Å². The van der Waals surface area contributed by atoms with E-state index in [4.69, 9.17) is 0 Å². The van der Waals surface area contributed by atoms with Gasteiger partial charge >= 0.3 is 0 Å². The zero-order chi connectivity index (χ0) is 14.5. The van der Waals surface area contributed by atoms with E-state index >= 15 is 0 Å². The average molecular weight is 290 g/mol. The van der Waals surface area contributed by atoms with E-state index in [1.54, 1.807) is 30.5 Å². The smallest absolute Gasteiger partial charge is 0.251 e. The Bertz CT molecular complexity index is 609. The molecule has 5 nitrogen and oxygen atoms in total. The van der Waals surface area contributed by atoms with Crippen LogP contribution in [0, 0.1) is 6.92 Å². The molecule has 0 radical (unpaired) electrons. The molecule has 0 saturated heterocycles. The summed E-state index contributed by atoms with van der Waals surface area (Å²) in [5, 5.41) is 6.76. The van der Waals surface area contributed by atoms with Crippen LogP contribution in [0.25, 0.3) is 0 Å². The van der Waals surface area contributed by atoms with E-state index in [-0.39, 0.29) is 5.91 Å². The van der Waals surface area contributed by atoms with Crippen LogP contribution in [0.15, 0.2) is 18.3 Å². The van der Waals surface area contributed by atoms with Crippen LogP contribution in [0.2, 0.25) is 0 Å². The van der Waals surface area contributed by atoms with Crippen molar-refractivity contribution in [1.82, 2.24) is 15.3 Å². The van der Waals surface area contributed by atoms with Crippen molar-refractivity contribution in [2.75, 3.05) is 12.4 Å². The van der Waals surface area contributed by atoms with Gasteiger partial charge in [0.25, 0.3) is 5.91 Å². The van der Waals surface area contributed by atoms with Crippen LogP contribution in [-0.2, 0) is 13.0 Å². The Kier molecular flexibility index (Phi) is 4.68. The summed E-state index contributed by atoms with van der Waals surface area (Å²) in [5.41, 5.74) is 1.42. The molecule has 2 rings (SSSR count). The van der Waals surface area contributed by atoms with Gasteiger partial charge in [0.15, 0.2) is 0 Å². The molecule has 0 saturated carbocycles. The summed E-state index contributed by atoms with van der Waals surface area (Å²) in [7, 11) is 1.78. The number of nitrogens with one attached hydrogen (secondary N) is 2. The summed E-state index contributed by atoms with van der Waals surface area (Å²) < 4.78 is 0. The Hall–Kier alpha value is -1.95. The van der Waals surface area contributed by atoms with Gasteiger partial charge in [0, 0.05) is 29.4 Å². The molecule has 2 heterocycles. The number of anilines is 1. The second-order valence-corrected chi connectivity index (χ2v) is 5.59. The second-order valence-electron chi connectivity index (χ2n) is 4.39. The second kappa shape index (κ2) is 6.47. The maximum absolute atomic E-state index is 12.1. The van der Waals surface area contributed by atoms with Crippen molar-refractivity contribution in [3.63, 3.8) is 0 Å². The highest BCUT2D eigenvalue weighted by Gasteiger charge is 2.09. The number of nitrogens with zero attached hydrogens (tertiary/aromatic N) is 2. The Balaban J connectivity index is 2.02. The maximum Gasteiger partial charge on any atom is 0.251 e. The lowest BCUT2D eigenvalue weighted by atomic mass is 10.2. The molecule has 0 aliphatic rings. The van der Waals surface area contributed by atoms with Crippen molar-refractivity contribution in [3.05, 3.63) is 39.5 Å². The molecule has 2 aromatic heterocycles. The first-order valence-corrected chi connectivity index (χ1v) is 7.32. The summed E-state index contributed by atoms with van der Waals surface area (Å²) in [4.78, 5) is 21.9. The largest absolute Gasteiger partial charge is 0.373 e. The van der Waals surface area contributed by atoms with Gasteiger partial charge in [-0.2, -0.15) is 0 Å². The number of aryl methyl sites for hydroxylation is 2. The molecule has 1 amide bonds. The molecule has 106 valence electrons. The van der Waals surface area contributed by atoms with Crippen LogP contribution in [0.4, 0.5) is 5.82 Å². The van der Waals surface area contributed by atoms with Gasteiger partial charge in [0.1, 0.15) is 10.8 Å². The lowest BCUT2D eigenvalue weighted by Crippen LogP contribution is -2.23. The molecule has 0 spiro atoms. The maximum atomic E-state index is 12.1. The normalized spacial score (nSPS) is 10.3. The van der Waals surface area contributed by atoms with E-state index in [1.165, 1.54) is 4.88 Å². The van der Waals surface area contributed by atoms with Crippen LogP contribution in [0.5, 0.6) is 0 Å². The number of carbonyl (C=O) groups excluding carboxylic acids is 1. The quantitative estimate of drug-likeness (QED) is 0.887. The number of pyridine rings is 1. The first-order valence-electron chi connectivity index (χ1n) is 6.50. The van der Waals surface area contributed by atoms with E-state index in [0.717, 1.165) is 17.1 Å². The summed E-state index contributed by atoms with van der Waals surface area (Å²) in [6, 6.07) is 3.51. The topological polar surface area (TPSA) is 66.9 Å². The van der Waals surface area contributed by atoms with Gasteiger partial charge in [-0.05, 0) is 25.5 Å². The van der Waals surface area contributed by atoms with Crippen LogP contribution >= 0.6 is 11.3 Å². The van der Waals surface area contributed by atoms with E-state index < -0.39 is 0 Å². The van der Waals surface area contributed by atoms with E-state index in [2.05, 4.69) is 27.5 Å². The van der Waals surface area contributed by atoms with Crippen LogP contribution in [0.1, 0.15) is 32.9 Å². The molecule has 0 bridgehead atoms. The predicted molar refractivity (Wildman–Crippen MR) is 81.2 cm³/mol. The van der Waals surface area contributed by atoms with Crippen molar-refractivity contribution in [2.45, 2.75) is 26.8 Å². The van der Waals surface area contributed by atoms with Crippen LogP contribution in [-0.4, -0.2) is 22.9 Å². The standard InChI is InChI=1S/C14H18N4OS/c1-4-11-7-16-13(20-11)8-17-14(19)10-5-9(2)18-12(6-10)15-3/h5-7H,4,8H2,1-3H3,(H,15,18)(H,17,19). The molecule has 6 heteroatoms. The molecule has 0 aliphatic carbocycles. The lowest BCUT2D eigenvalue weighted by Gasteiger charge is -2.06. The van der Waals surface area contributed by atoms with Crippen molar-refractivity contribution >= 4 is 23.1 Å². The molecule has 0 fully saturated rings. The fourth-order valence-corrected chi connectivity index (χ4v) is 2.58. The van der Waals surface area contributed by atoms with Gasteiger partial charge < -0.3 is 10.6 Å². The monoisotopic (exact) mass is 290 g/mol. The average Bonchev–Trinajstić information content (AvgIpc) is 2.92.